The van der Waals surface area contributed by atoms with E-state index in [9.17, 15) is 26.8 Å². The molecule has 4 aromatic rings. The van der Waals surface area contributed by atoms with Gasteiger partial charge in [0.1, 0.15) is 29.2 Å². The molecule has 4 saturated heterocycles. The molecule has 26 nitrogen and oxygen atoms in total. The molecule has 4 aliphatic heterocycles. The van der Waals surface area contributed by atoms with Crippen LogP contribution in [0.4, 0.5) is 0 Å². The number of aromatic nitrogens is 5. The second-order valence-electron chi connectivity index (χ2n) is 25.5. The van der Waals surface area contributed by atoms with Gasteiger partial charge in [0.2, 0.25) is 4.60 Å². The Bertz CT molecular complexity index is 2560. The number of benzene rings is 1. The van der Waals surface area contributed by atoms with Crippen molar-refractivity contribution in [1.82, 2.24) is 20.5 Å². The second-order valence-corrected chi connectivity index (χ2v) is 28.0. The van der Waals surface area contributed by atoms with E-state index in [0.29, 0.717) is 41.2 Å². The van der Waals surface area contributed by atoms with Gasteiger partial charge in [0.15, 0.2) is 4.90 Å². The van der Waals surface area contributed by atoms with Crippen LogP contribution in [0, 0.1) is 42.9 Å². The van der Waals surface area contributed by atoms with E-state index in [0.717, 1.165) is 25.5 Å². The van der Waals surface area contributed by atoms with E-state index in [1.165, 1.54) is 35.3 Å². The number of aliphatic hydroxyl groups is 3. The predicted molar refractivity (Wildman–Crippen MR) is 309 cm³/mol. The summed E-state index contributed by atoms with van der Waals surface area (Å²) in [6, 6.07) is 10.2. The molecular formula is C56H105N7O19S2Y14. The van der Waals surface area contributed by atoms with E-state index < -0.39 is 54.0 Å². The third-order valence-electron chi connectivity index (χ3n) is 9.32. The third-order valence-corrected chi connectivity index (χ3v) is 11.3. The standard InChI is InChI=1S/C11H21NO2.C11H20O3.C8H6N2O5S.C4H6N2O.C4H10NO3S.C4H5NO2.3C4H10O.C2H6.14Y/c1-7-5-13-10-8(6-14-9(7)10)12-11(2,3)4;1-7-5-12-10-8(6-13-9(7)10)14-11(2,3)4;11-7-8(10(12)15-9-7)16(13,14)6-4-2-1-3-5-6;1-4-3-6(2)7-5-4;1-4(2,3)8-5-9(6)7;1-4-2-3-7-5(4)6;3*1-4(2,3)5;1-2;;;;;;;;;;;;;;/h7-10,12H,5-6H2,1-4H3;7-10H,5-6H2,1-4H3;1-5H,(H-,9,11,12);1-2H3;1-3H3,(H,5,6,7);3,6H,1H3;3*5H,1-3H3;1-2H3;;;;;;;;;;;;;;/q;;;;-1;;;;;;;;;;;;;;;;;;;/p+1/t2*7?,8?,9-,10-;;;;;;;;;;;;;;;;;;;;;;/m00....................../s1. The quantitative estimate of drug-likeness (QED) is 0.0349. The monoisotopic (exact) mass is 2490 g/mol. The molecule has 8 N–H and O–H groups in total. The largest absolute Gasteiger partial charge is 0.472 e. The summed E-state index contributed by atoms with van der Waals surface area (Å²) in [5.74, 6) is 0.221. The fourth-order valence-corrected chi connectivity index (χ4v) is 8.21. The summed E-state index contributed by atoms with van der Waals surface area (Å²) in [7, 11) is -4.68. The molecule has 532 valence electrons. The van der Waals surface area contributed by atoms with Crippen molar-refractivity contribution in [3.63, 3.8) is 0 Å². The van der Waals surface area contributed by atoms with Crippen LogP contribution in [0.15, 0.2) is 60.3 Å². The molecule has 42 heteroatoms. The van der Waals surface area contributed by atoms with Gasteiger partial charge < -0.3 is 68.7 Å². The molecule has 0 spiro atoms. The number of fused-ring (bicyclic) bond motifs is 2. The van der Waals surface area contributed by atoms with Crippen molar-refractivity contribution in [3.05, 3.63) is 65.2 Å². The van der Waals surface area contributed by atoms with Crippen LogP contribution in [0.25, 0.3) is 0 Å². The first-order valence-corrected chi connectivity index (χ1v) is 30.1. The average Bonchev–Trinajstić information content (AvgIpc) is 4.21. The van der Waals surface area contributed by atoms with Crippen LogP contribution in [0.3, 0.4) is 0 Å². The maximum atomic E-state index is 11.9. The number of hydrogen-bond donors (Lipinski definition) is 8. The van der Waals surface area contributed by atoms with Gasteiger partial charge in [0.25, 0.3) is 9.84 Å². The van der Waals surface area contributed by atoms with Crippen LogP contribution >= 0.6 is 0 Å². The minimum absolute atomic E-state index is 0. The molecule has 8 rings (SSSR count). The Morgan fingerprint density at radius 2 is 1.02 bits per heavy atom. The Labute approximate surface area is 940 Å². The first kappa shape index (κ1) is 147. The van der Waals surface area contributed by atoms with Crippen LogP contribution in [-0.4, -0.2) is 141 Å². The Morgan fingerprint density at radius 1 is 0.633 bits per heavy atom. The average molecular weight is 2490 g/mol. The minimum Gasteiger partial charge on any atom is -0.472 e. The van der Waals surface area contributed by atoms with Gasteiger partial charge in [-0.25, -0.2) is 27.8 Å². The van der Waals surface area contributed by atoms with Crippen molar-refractivity contribution >= 4 is 20.7 Å². The zero-order valence-electron chi connectivity index (χ0n) is 62.6. The number of sulfone groups is 1. The van der Waals surface area contributed by atoms with Crippen molar-refractivity contribution < 1.29 is 557 Å². The van der Waals surface area contributed by atoms with Gasteiger partial charge in [0, 0.05) is 492 Å². The molecule has 4 fully saturated rings. The number of H-pyrrole nitrogens is 1. The molecule has 14 radical (unpaired) electrons. The molecule has 4 unspecified atom stereocenters. The molecule has 1 aromatic carbocycles. The Morgan fingerprint density at radius 3 is 1.30 bits per heavy atom. The fourth-order valence-electron chi connectivity index (χ4n) is 6.62. The minimum atomic E-state index is -4.08. The summed E-state index contributed by atoms with van der Waals surface area (Å²) < 4.78 is 86.4. The Balaban J connectivity index is -0.0000000555. The SMILES string of the molecule is CC.CC(C)(C)O.CC(C)(C)O.CC(C)(C)O.CC(C)(C)ON[S-](=O)=O.CC1CO[C@H]2C(NC(C)(C)C)CO[C@@H]12.CC1CO[C@H]2C(OC(C)(C)C)CO[C@@H]12.Cc1[c-][n+](C)on1.Cc1[c-]co[n+]1O.O=[n+]1o[nH]c(O)c1S(=O)(=O)c1ccccc1.[Y].[Y].[Y].[Y].[Y].[Y].[Y].[Y].[Y].[Y].[Y].[Y].[Y].[Y]. The van der Waals surface area contributed by atoms with E-state index in [1.54, 1.807) is 113 Å². The van der Waals surface area contributed by atoms with Crippen LogP contribution < -0.4 is 24.4 Å². The topological polar surface area (TPSA) is 348 Å². The molecule has 0 saturated carbocycles. The van der Waals surface area contributed by atoms with Gasteiger partial charge in [-0.1, -0.05) is 50.5 Å². The molecule has 0 amide bonds. The summed E-state index contributed by atoms with van der Waals surface area (Å²) >= 11 is 0. The van der Waals surface area contributed by atoms with Crippen molar-refractivity contribution in [2.45, 2.75) is 246 Å². The molecule has 4 aliphatic rings. The fraction of sp³-hybridized carbons (Fsp3) is 0.768. The zero-order valence-corrected chi connectivity index (χ0v) is 104. The number of nitrogens with zero attached hydrogens (tertiary/aromatic N) is 4. The van der Waals surface area contributed by atoms with E-state index in [4.69, 9.17) is 44.2 Å². The van der Waals surface area contributed by atoms with Gasteiger partial charge in [-0.05, 0) is 161 Å². The van der Waals surface area contributed by atoms with Gasteiger partial charge in [0.05, 0.1) is 90.3 Å². The summed E-state index contributed by atoms with van der Waals surface area (Å²) in [5.41, 5.74) is -0.599. The first-order valence-electron chi connectivity index (χ1n) is 27.5. The molecule has 0 bridgehead atoms. The normalized spacial score (nSPS) is 18.5. The van der Waals surface area contributed by atoms with Crippen LogP contribution in [0.1, 0.15) is 164 Å². The van der Waals surface area contributed by atoms with Crippen molar-refractivity contribution in [3.8, 4) is 5.88 Å². The smallest absolute Gasteiger partial charge is 0.404 e. The number of hydrogen-bond acceptors (Lipinski definition) is 22. The van der Waals surface area contributed by atoms with Gasteiger partial charge in [-0.3, -0.25) is 0 Å². The molecule has 0 aliphatic carbocycles. The van der Waals surface area contributed by atoms with Gasteiger partial charge in [-0.2, -0.15) is 6.20 Å². The van der Waals surface area contributed by atoms with Crippen LogP contribution in [0.5, 0.6) is 5.88 Å². The zero-order chi connectivity index (χ0) is 66.0. The first-order chi connectivity index (χ1) is 38.0. The van der Waals surface area contributed by atoms with E-state index in [-0.39, 0.29) is 503 Å². The van der Waals surface area contributed by atoms with Crippen LogP contribution in [-0.2, 0) is 523 Å². The van der Waals surface area contributed by atoms with E-state index in [2.05, 4.69) is 96.7 Å². The number of aryl methyl sites for hydroxylation is 3. The third kappa shape index (κ3) is 79.5. The Kier molecular flexibility index (Phi) is 112. The molecule has 98 heavy (non-hydrogen) atoms. The molecule has 3 aromatic heterocycles. The van der Waals surface area contributed by atoms with E-state index in [1.807, 2.05) is 20.8 Å². The van der Waals surface area contributed by atoms with Crippen molar-refractivity contribution in [2.24, 2.45) is 18.9 Å². The van der Waals surface area contributed by atoms with Crippen LogP contribution in [0.2, 0.25) is 0 Å². The summed E-state index contributed by atoms with van der Waals surface area (Å²) in [6.07, 6.45) is 5.17. The van der Waals surface area contributed by atoms with Gasteiger partial charge in [-0.15, -0.1) is 4.63 Å². The number of nitrogens with one attached hydrogen (secondary N) is 3. The number of aromatic hydroxyl groups is 1. The molecule has 8 atom stereocenters. The molecule has 7 heterocycles. The summed E-state index contributed by atoms with van der Waals surface area (Å²) in [4.78, 5) is 18.0. The number of ether oxygens (including phenoxy) is 5. The number of rotatable bonds is 6. The summed E-state index contributed by atoms with van der Waals surface area (Å²) in [5, 5.41) is 51.2. The number of aromatic amines is 1. The molecular weight excluding hydrogens is 2380 g/mol. The van der Waals surface area contributed by atoms with Crippen molar-refractivity contribution in [1.29, 1.82) is 0 Å². The summed E-state index contributed by atoms with van der Waals surface area (Å²) in [6.45, 7) is 48.7. The maximum Gasteiger partial charge on any atom is 0.404 e. The maximum absolute atomic E-state index is 11.9. The Hall–Kier alpha value is 11.0. The predicted octanol–water partition coefficient (Wildman–Crippen LogP) is 6.22. The van der Waals surface area contributed by atoms with Crippen molar-refractivity contribution in [2.75, 3.05) is 26.4 Å². The van der Waals surface area contributed by atoms with E-state index >= 15 is 0 Å². The van der Waals surface area contributed by atoms with Gasteiger partial charge >= 0.3 is 10.9 Å². The second kappa shape index (κ2) is 74.3.